The number of aryl methyl sites for hydroxylation is 1. The first-order chi connectivity index (χ1) is 11.2. The number of benzene rings is 2. The number of halogens is 1. The SMILES string of the molecule is CCc1ccc2c(c1)/C(=C\CC[NH+](C)C)c1ccccc1CS2.[Cl-]. The molecule has 1 aliphatic rings. The van der Waals surface area contributed by atoms with Gasteiger partial charge in [-0.2, -0.15) is 0 Å². The monoisotopic (exact) mass is 359 g/mol. The summed E-state index contributed by atoms with van der Waals surface area (Å²) in [5.41, 5.74) is 7.15. The lowest BCUT2D eigenvalue weighted by Crippen LogP contribution is -3.05. The molecule has 2 aromatic carbocycles. The van der Waals surface area contributed by atoms with Crippen molar-refractivity contribution in [1.82, 2.24) is 0 Å². The highest BCUT2D eigenvalue weighted by molar-refractivity contribution is 7.98. The number of thioether (sulfide) groups is 1. The maximum absolute atomic E-state index is 2.45. The largest absolute Gasteiger partial charge is 1.00 e. The molecule has 0 radical (unpaired) electrons. The van der Waals surface area contributed by atoms with E-state index in [2.05, 4.69) is 69.6 Å². The van der Waals surface area contributed by atoms with Gasteiger partial charge in [-0.25, -0.2) is 0 Å². The van der Waals surface area contributed by atoms with Gasteiger partial charge in [0.25, 0.3) is 0 Å². The van der Waals surface area contributed by atoms with Crippen LogP contribution in [0.3, 0.4) is 0 Å². The Kier molecular flexibility index (Phi) is 6.97. The van der Waals surface area contributed by atoms with Crippen molar-refractivity contribution < 1.29 is 17.3 Å². The summed E-state index contributed by atoms with van der Waals surface area (Å²) >= 11 is 1.97. The van der Waals surface area contributed by atoms with E-state index >= 15 is 0 Å². The second-order valence-electron chi connectivity index (χ2n) is 6.49. The summed E-state index contributed by atoms with van der Waals surface area (Å²) in [6.07, 6.45) is 4.66. The van der Waals surface area contributed by atoms with Gasteiger partial charge < -0.3 is 17.3 Å². The summed E-state index contributed by atoms with van der Waals surface area (Å²) in [5.74, 6) is 1.06. The van der Waals surface area contributed by atoms with Gasteiger partial charge in [0.05, 0.1) is 20.6 Å². The number of rotatable bonds is 4. The Hall–Kier alpha value is -1.22. The lowest BCUT2D eigenvalue weighted by molar-refractivity contribution is -0.857. The smallest absolute Gasteiger partial charge is 0.0802 e. The molecule has 1 nitrogen and oxygen atoms in total. The fraction of sp³-hybridized carbons (Fsp3) is 0.333. The molecule has 0 aliphatic carbocycles. The van der Waals surface area contributed by atoms with E-state index in [1.165, 1.54) is 44.2 Å². The minimum absolute atomic E-state index is 0. The Morgan fingerprint density at radius 1 is 1.08 bits per heavy atom. The van der Waals surface area contributed by atoms with Crippen LogP contribution >= 0.6 is 11.8 Å². The summed E-state index contributed by atoms with van der Waals surface area (Å²) in [7, 11) is 4.44. The molecule has 0 amide bonds. The quantitative estimate of drug-likeness (QED) is 0.847. The highest BCUT2D eigenvalue weighted by Gasteiger charge is 2.18. The molecule has 2 aromatic rings. The first kappa shape index (κ1) is 19.1. The molecule has 0 atom stereocenters. The predicted octanol–water partition coefficient (Wildman–Crippen LogP) is 0.825. The molecular weight excluding hydrogens is 334 g/mol. The lowest BCUT2D eigenvalue weighted by Gasteiger charge is -2.13. The molecule has 0 unspecified atom stereocenters. The standard InChI is InChI=1S/C21H25NS.ClH/c1-4-16-11-12-21-20(14-16)19(10-7-13-22(2)3)18-9-6-5-8-17(18)15-23-21;/h5-6,8-12,14H,4,7,13,15H2,1-3H3;1H/b19-10-;. The van der Waals surface area contributed by atoms with Crippen molar-refractivity contribution in [3.05, 3.63) is 70.8 Å². The van der Waals surface area contributed by atoms with Crippen molar-refractivity contribution in [2.24, 2.45) is 0 Å². The maximum atomic E-state index is 2.45. The van der Waals surface area contributed by atoms with Gasteiger partial charge in [0.1, 0.15) is 0 Å². The van der Waals surface area contributed by atoms with E-state index in [0.717, 1.165) is 18.6 Å². The van der Waals surface area contributed by atoms with Crippen LogP contribution in [0.2, 0.25) is 0 Å². The summed E-state index contributed by atoms with van der Waals surface area (Å²) in [4.78, 5) is 2.92. The van der Waals surface area contributed by atoms with Crippen LogP contribution in [0.25, 0.3) is 5.57 Å². The van der Waals surface area contributed by atoms with Crippen LogP contribution in [0.5, 0.6) is 0 Å². The molecule has 0 aromatic heterocycles. The maximum Gasteiger partial charge on any atom is 0.0802 e. The number of quaternary nitrogens is 1. The van der Waals surface area contributed by atoms with E-state index in [1.807, 2.05) is 11.8 Å². The van der Waals surface area contributed by atoms with Crippen LogP contribution in [0, 0.1) is 0 Å². The van der Waals surface area contributed by atoms with Crippen molar-refractivity contribution >= 4 is 17.3 Å². The van der Waals surface area contributed by atoms with Crippen molar-refractivity contribution in [2.75, 3.05) is 20.6 Å². The van der Waals surface area contributed by atoms with Gasteiger partial charge in [-0.15, -0.1) is 11.8 Å². The Labute approximate surface area is 156 Å². The molecular formula is C21H26ClNS. The van der Waals surface area contributed by atoms with Crippen molar-refractivity contribution in [3.8, 4) is 0 Å². The molecule has 3 heteroatoms. The third kappa shape index (κ3) is 4.24. The number of hydrogen-bond acceptors (Lipinski definition) is 1. The van der Waals surface area contributed by atoms with Crippen molar-refractivity contribution in [1.29, 1.82) is 0 Å². The first-order valence-electron chi connectivity index (χ1n) is 8.52. The Bertz CT molecular complexity index is 722. The van der Waals surface area contributed by atoms with E-state index in [4.69, 9.17) is 0 Å². The molecule has 1 N–H and O–H groups in total. The highest BCUT2D eigenvalue weighted by Crippen LogP contribution is 2.40. The Morgan fingerprint density at radius 2 is 1.88 bits per heavy atom. The van der Waals surface area contributed by atoms with Crippen LogP contribution in [0.15, 0.2) is 53.4 Å². The summed E-state index contributed by atoms with van der Waals surface area (Å²) in [5, 5.41) is 0. The van der Waals surface area contributed by atoms with Crippen LogP contribution in [-0.4, -0.2) is 20.6 Å². The second kappa shape index (κ2) is 8.75. The topological polar surface area (TPSA) is 4.44 Å². The summed E-state index contributed by atoms with van der Waals surface area (Å²) < 4.78 is 0. The molecule has 0 bridgehead atoms. The van der Waals surface area contributed by atoms with Gasteiger partial charge in [0.15, 0.2) is 0 Å². The second-order valence-corrected chi connectivity index (χ2v) is 7.51. The van der Waals surface area contributed by atoms with E-state index in [9.17, 15) is 0 Å². The minimum atomic E-state index is 0. The van der Waals surface area contributed by atoms with Gasteiger partial charge in [0, 0.05) is 17.1 Å². The zero-order chi connectivity index (χ0) is 16.2. The van der Waals surface area contributed by atoms with E-state index in [-0.39, 0.29) is 12.4 Å². The fourth-order valence-corrected chi connectivity index (χ4v) is 4.12. The molecule has 0 fully saturated rings. The molecule has 1 aliphatic heterocycles. The third-order valence-corrected chi connectivity index (χ3v) is 5.55. The zero-order valence-corrected chi connectivity index (χ0v) is 16.3. The van der Waals surface area contributed by atoms with Crippen LogP contribution in [0.1, 0.15) is 35.6 Å². The highest BCUT2D eigenvalue weighted by atomic mass is 35.5. The van der Waals surface area contributed by atoms with Gasteiger partial charge >= 0.3 is 0 Å². The molecule has 1 heterocycles. The Morgan fingerprint density at radius 3 is 2.62 bits per heavy atom. The zero-order valence-electron chi connectivity index (χ0n) is 14.7. The molecule has 0 saturated carbocycles. The number of hydrogen-bond donors (Lipinski definition) is 1. The van der Waals surface area contributed by atoms with E-state index in [0.29, 0.717) is 0 Å². The molecule has 0 spiro atoms. The van der Waals surface area contributed by atoms with Crippen molar-refractivity contribution in [3.63, 3.8) is 0 Å². The molecule has 128 valence electrons. The lowest BCUT2D eigenvalue weighted by atomic mass is 9.92. The van der Waals surface area contributed by atoms with Crippen LogP contribution in [-0.2, 0) is 12.2 Å². The van der Waals surface area contributed by atoms with Crippen molar-refractivity contribution in [2.45, 2.75) is 30.4 Å². The van der Waals surface area contributed by atoms with Gasteiger partial charge in [-0.05, 0) is 40.3 Å². The van der Waals surface area contributed by atoms with E-state index in [1.54, 1.807) is 0 Å². The van der Waals surface area contributed by atoms with Crippen LogP contribution in [0.4, 0.5) is 0 Å². The van der Waals surface area contributed by atoms with E-state index < -0.39 is 0 Å². The molecule has 24 heavy (non-hydrogen) atoms. The normalized spacial score (nSPS) is 14.8. The van der Waals surface area contributed by atoms with Crippen LogP contribution < -0.4 is 17.3 Å². The average Bonchev–Trinajstić information content (AvgIpc) is 2.71. The Balaban J connectivity index is 0.00000208. The number of fused-ring (bicyclic) bond motifs is 2. The van der Waals surface area contributed by atoms with Gasteiger partial charge in [0.2, 0.25) is 0 Å². The van der Waals surface area contributed by atoms with Gasteiger partial charge in [-0.1, -0.05) is 49.4 Å². The summed E-state index contributed by atoms with van der Waals surface area (Å²) in [6, 6.07) is 15.9. The average molecular weight is 360 g/mol. The minimum Gasteiger partial charge on any atom is -1.00 e. The summed E-state index contributed by atoms with van der Waals surface area (Å²) in [6.45, 7) is 3.40. The number of nitrogens with one attached hydrogen (secondary N) is 1. The third-order valence-electron chi connectivity index (χ3n) is 4.43. The van der Waals surface area contributed by atoms with Gasteiger partial charge in [-0.3, -0.25) is 0 Å². The first-order valence-corrected chi connectivity index (χ1v) is 9.51. The fourth-order valence-electron chi connectivity index (χ4n) is 3.07. The molecule has 0 saturated heterocycles. The molecule has 3 rings (SSSR count). The predicted molar refractivity (Wildman–Crippen MR) is 101 cm³/mol.